The molecule has 2 unspecified atom stereocenters. The molecular weight excluding hydrogens is 196 g/mol. The molecule has 2 nitrogen and oxygen atoms in total. The van der Waals surface area contributed by atoms with Crippen LogP contribution in [0.15, 0.2) is 18.2 Å². The highest BCUT2D eigenvalue weighted by molar-refractivity contribution is 5.33. The lowest BCUT2D eigenvalue weighted by Crippen LogP contribution is -2.30. The van der Waals surface area contributed by atoms with E-state index in [0.717, 1.165) is 6.54 Å². The fourth-order valence-electron chi connectivity index (χ4n) is 2.30. The summed E-state index contributed by atoms with van der Waals surface area (Å²) in [5, 5.41) is 0. The normalized spacial score (nSPS) is 15.2. The molecule has 2 heteroatoms. The van der Waals surface area contributed by atoms with E-state index in [1.165, 1.54) is 16.7 Å². The van der Waals surface area contributed by atoms with Crippen LogP contribution in [0.1, 0.15) is 29.7 Å². The van der Waals surface area contributed by atoms with Gasteiger partial charge in [0.25, 0.3) is 0 Å². The van der Waals surface area contributed by atoms with Crippen molar-refractivity contribution in [3.05, 3.63) is 34.9 Å². The molecule has 0 bridgehead atoms. The first kappa shape index (κ1) is 13.2. The smallest absolute Gasteiger partial charge is 0.0382 e. The molecule has 0 spiro atoms. The molecular formula is C14H24N2. The summed E-state index contributed by atoms with van der Waals surface area (Å²) in [5.74, 6) is 0.468. The number of benzene rings is 1. The lowest BCUT2D eigenvalue weighted by Gasteiger charge is -2.31. The summed E-state index contributed by atoms with van der Waals surface area (Å²) in [4.78, 5) is 2.26. The molecule has 0 aliphatic rings. The van der Waals surface area contributed by atoms with E-state index in [4.69, 9.17) is 5.73 Å². The van der Waals surface area contributed by atoms with Gasteiger partial charge in [-0.2, -0.15) is 0 Å². The van der Waals surface area contributed by atoms with Gasteiger partial charge in [-0.15, -0.1) is 0 Å². The zero-order valence-corrected chi connectivity index (χ0v) is 11.1. The Hall–Kier alpha value is -0.860. The van der Waals surface area contributed by atoms with Gasteiger partial charge >= 0.3 is 0 Å². The molecule has 0 aliphatic carbocycles. The van der Waals surface area contributed by atoms with E-state index in [0.29, 0.717) is 12.0 Å². The van der Waals surface area contributed by atoms with Crippen molar-refractivity contribution in [3.63, 3.8) is 0 Å². The second-order valence-corrected chi connectivity index (χ2v) is 4.98. The molecule has 0 saturated carbocycles. The Morgan fingerprint density at radius 3 is 2.38 bits per heavy atom. The van der Waals surface area contributed by atoms with Gasteiger partial charge in [0.05, 0.1) is 0 Å². The van der Waals surface area contributed by atoms with E-state index in [1.54, 1.807) is 0 Å². The predicted molar refractivity (Wildman–Crippen MR) is 70.6 cm³/mol. The molecule has 2 N–H and O–H groups in total. The van der Waals surface area contributed by atoms with Crippen molar-refractivity contribution < 1.29 is 0 Å². The lowest BCUT2D eigenvalue weighted by atomic mass is 9.89. The van der Waals surface area contributed by atoms with Crippen LogP contribution in [0, 0.1) is 19.8 Å². The van der Waals surface area contributed by atoms with Crippen molar-refractivity contribution in [2.24, 2.45) is 11.7 Å². The quantitative estimate of drug-likeness (QED) is 0.844. The summed E-state index contributed by atoms with van der Waals surface area (Å²) in [7, 11) is 4.25. The van der Waals surface area contributed by atoms with Gasteiger partial charge in [0.15, 0.2) is 0 Å². The van der Waals surface area contributed by atoms with Crippen LogP contribution in [0.3, 0.4) is 0 Å². The molecule has 0 saturated heterocycles. The van der Waals surface area contributed by atoms with E-state index in [9.17, 15) is 0 Å². The summed E-state index contributed by atoms with van der Waals surface area (Å²) < 4.78 is 0. The zero-order chi connectivity index (χ0) is 12.3. The first-order chi connectivity index (χ1) is 7.47. The van der Waals surface area contributed by atoms with Gasteiger partial charge in [0.2, 0.25) is 0 Å². The molecule has 1 aromatic carbocycles. The largest absolute Gasteiger partial charge is 0.330 e. The Morgan fingerprint density at radius 2 is 1.88 bits per heavy atom. The molecule has 0 aromatic heterocycles. The topological polar surface area (TPSA) is 29.3 Å². The Morgan fingerprint density at radius 1 is 1.25 bits per heavy atom. The highest BCUT2D eigenvalue weighted by Crippen LogP contribution is 2.29. The summed E-state index contributed by atoms with van der Waals surface area (Å²) in [6.07, 6.45) is 0. The minimum Gasteiger partial charge on any atom is -0.330 e. The van der Waals surface area contributed by atoms with Crippen molar-refractivity contribution in [2.45, 2.75) is 26.8 Å². The van der Waals surface area contributed by atoms with E-state index in [1.807, 2.05) is 0 Å². The van der Waals surface area contributed by atoms with Crippen LogP contribution in [-0.2, 0) is 0 Å². The van der Waals surface area contributed by atoms with Gasteiger partial charge in [-0.05, 0) is 51.5 Å². The molecule has 0 fully saturated rings. The highest BCUT2D eigenvalue weighted by Gasteiger charge is 2.21. The van der Waals surface area contributed by atoms with Crippen molar-refractivity contribution in [2.75, 3.05) is 20.6 Å². The molecule has 0 heterocycles. The summed E-state index contributed by atoms with van der Waals surface area (Å²) >= 11 is 0. The van der Waals surface area contributed by atoms with Crippen molar-refractivity contribution >= 4 is 0 Å². The number of hydrogen-bond donors (Lipinski definition) is 1. The molecule has 16 heavy (non-hydrogen) atoms. The summed E-state index contributed by atoms with van der Waals surface area (Å²) in [6.45, 7) is 7.25. The van der Waals surface area contributed by atoms with Gasteiger partial charge in [-0.3, -0.25) is 0 Å². The maximum absolute atomic E-state index is 5.81. The molecule has 1 aromatic rings. The predicted octanol–water partition coefficient (Wildman–Crippen LogP) is 2.50. The van der Waals surface area contributed by atoms with E-state index >= 15 is 0 Å². The second kappa shape index (κ2) is 5.46. The van der Waals surface area contributed by atoms with Gasteiger partial charge in [-0.1, -0.05) is 30.7 Å². The van der Waals surface area contributed by atoms with E-state index in [2.05, 4.69) is 58.0 Å². The standard InChI is InChI=1S/C14H24N2/c1-10-6-7-11(2)13(8-10)14(16(4)5)12(3)9-15/h6-8,12,14H,9,15H2,1-5H3. The average molecular weight is 220 g/mol. The van der Waals surface area contributed by atoms with Crippen molar-refractivity contribution in [1.82, 2.24) is 4.90 Å². The molecule has 1 rings (SSSR count). The van der Waals surface area contributed by atoms with Crippen LogP contribution in [0.25, 0.3) is 0 Å². The summed E-state index contributed by atoms with van der Waals surface area (Å²) in [6, 6.07) is 7.06. The fraction of sp³-hybridized carbons (Fsp3) is 0.571. The Bertz CT molecular complexity index is 345. The van der Waals surface area contributed by atoms with Gasteiger partial charge in [0.1, 0.15) is 0 Å². The van der Waals surface area contributed by atoms with Gasteiger partial charge in [0, 0.05) is 6.04 Å². The Kier molecular flexibility index (Phi) is 4.51. The number of nitrogens with two attached hydrogens (primary N) is 1. The molecule has 0 radical (unpaired) electrons. The van der Waals surface area contributed by atoms with Gasteiger partial charge < -0.3 is 10.6 Å². The number of rotatable bonds is 4. The Balaban J connectivity index is 3.15. The SMILES string of the molecule is Cc1ccc(C)c(C(C(C)CN)N(C)C)c1. The summed E-state index contributed by atoms with van der Waals surface area (Å²) in [5.41, 5.74) is 9.88. The lowest BCUT2D eigenvalue weighted by molar-refractivity contribution is 0.226. The monoisotopic (exact) mass is 220 g/mol. The molecule has 90 valence electrons. The van der Waals surface area contributed by atoms with E-state index < -0.39 is 0 Å². The molecule has 2 atom stereocenters. The molecule has 0 aliphatic heterocycles. The number of aryl methyl sites for hydroxylation is 2. The minimum absolute atomic E-state index is 0.407. The number of hydrogen-bond acceptors (Lipinski definition) is 2. The third kappa shape index (κ3) is 2.83. The first-order valence-corrected chi connectivity index (χ1v) is 5.91. The van der Waals surface area contributed by atoms with Gasteiger partial charge in [-0.25, -0.2) is 0 Å². The van der Waals surface area contributed by atoms with E-state index in [-0.39, 0.29) is 0 Å². The maximum Gasteiger partial charge on any atom is 0.0382 e. The first-order valence-electron chi connectivity index (χ1n) is 5.91. The Labute approximate surface area is 99.5 Å². The number of nitrogens with zero attached hydrogens (tertiary/aromatic N) is 1. The van der Waals surface area contributed by atoms with Crippen LogP contribution < -0.4 is 5.73 Å². The fourth-order valence-corrected chi connectivity index (χ4v) is 2.30. The zero-order valence-electron chi connectivity index (χ0n) is 11.1. The maximum atomic E-state index is 5.81. The van der Waals surface area contributed by atoms with Crippen LogP contribution in [-0.4, -0.2) is 25.5 Å². The van der Waals surface area contributed by atoms with Crippen LogP contribution in [0.2, 0.25) is 0 Å². The third-order valence-electron chi connectivity index (χ3n) is 3.22. The van der Waals surface area contributed by atoms with Crippen LogP contribution in [0.5, 0.6) is 0 Å². The van der Waals surface area contributed by atoms with Crippen molar-refractivity contribution in [1.29, 1.82) is 0 Å². The minimum atomic E-state index is 0.407. The third-order valence-corrected chi connectivity index (χ3v) is 3.22. The van der Waals surface area contributed by atoms with Crippen LogP contribution in [0.4, 0.5) is 0 Å². The van der Waals surface area contributed by atoms with Crippen molar-refractivity contribution in [3.8, 4) is 0 Å². The average Bonchev–Trinajstić information content (AvgIpc) is 2.22. The molecule has 0 amide bonds. The van der Waals surface area contributed by atoms with Crippen LogP contribution >= 0.6 is 0 Å². The highest BCUT2D eigenvalue weighted by atomic mass is 15.1. The second-order valence-electron chi connectivity index (χ2n) is 4.98.